The van der Waals surface area contributed by atoms with E-state index in [0.29, 0.717) is 6.61 Å². The van der Waals surface area contributed by atoms with Gasteiger partial charge in [0.2, 0.25) is 0 Å². The monoisotopic (exact) mass is 300 g/mol. The van der Waals surface area contributed by atoms with Gasteiger partial charge in [-0.2, -0.15) is 0 Å². The number of rotatable bonds is 4. The Morgan fingerprint density at radius 1 is 1.45 bits per heavy atom. The summed E-state index contributed by atoms with van der Waals surface area (Å²) in [6, 6.07) is 4.18. The molecule has 110 valence electrons. The quantitative estimate of drug-likeness (QED) is 0.669. The summed E-state index contributed by atoms with van der Waals surface area (Å²) in [6.07, 6.45) is 1.61. The van der Waals surface area contributed by atoms with Crippen LogP contribution < -0.4 is 5.32 Å². The molecule has 1 aliphatic rings. The molecule has 1 aromatic carbocycles. The molecule has 1 heterocycles. The molecule has 8 heteroatoms. The number of benzene rings is 1. The van der Waals surface area contributed by atoms with Crippen LogP contribution in [0.4, 0.5) is 11.4 Å². The molecule has 0 bridgehead atoms. The molecule has 20 heavy (non-hydrogen) atoms. The van der Waals surface area contributed by atoms with E-state index in [4.69, 9.17) is 4.74 Å². The molecule has 2 unspecified atom stereocenters. The Morgan fingerprint density at radius 2 is 2.15 bits per heavy atom. The lowest BCUT2D eigenvalue weighted by molar-refractivity contribution is -0.386. The summed E-state index contributed by atoms with van der Waals surface area (Å²) in [5, 5.41) is 14.2. The maximum atomic E-state index is 11.7. The van der Waals surface area contributed by atoms with E-state index >= 15 is 0 Å². The van der Waals surface area contributed by atoms with E-state index in [9.17, 15) is 18.5 Å². The zero-order valence-electron chi connectivity index (χ0n) is 11.2. The van der Waals surface area contributed by atoms with Crippen molar-refractivity contribution in [2.24, 2.45) is 0 Å². The zero-order chi connectivity index (χ0) is 14.9. The summed E-state index contributed by atoms with van der Waals surface area (Å²) in [7, 11) is -3.66. The van der Waals surface area contributed by atoms with Crippen LogP contribution in [0.1, 0.15) is 13.3 Å². The fourth-order valence-corrected chi connectivity index (χ4v) is 3.11. The second-order valence-corrected chi connectivity index (χ2v) is 6.78. The van der Waals surface area contributed by atoms with Crippen LogP contribution in [0.2, 0.25) is 0 Å². The van der Waals surface area contributed by atoms with Gasteiger partial charge in [0.25, 0.3) is 0 Å². The van der Waals surface area contributed by atoms with Gasteiger partial charge in [-0.15, -0.1) is 0 Å². The van der Waals surface area contributed by atoms with Crippen molar-refractivity contribution in [3.8, 4) is 0 Å². The van der Waals surface area contributed by atoms with Crippen molar-refractivity contribution in [1.82, 2.24) is 0 Å². The number of nitrogens with one attached hydrogen (secondary N) is 1. The fraction of sp³-hybridized carbons (Fsp3) is 0.500. The number of hydrogen-bond donors (Lipinski definition) is 1. The molecule has 0 saturated carbocycles. The minimum atomic E-state index is -3.66. The molecule has 1 N–H and O–H groups in total. The third-order valence-electron chi connectivity index (χ3n) is 3.30. The van der Waals surface area contributed by atoms with Gasteiger partial charge in [-0.3, -0.25) is 10.1 Å². The van der Waals surface area contributed by atoms with Gasteiger partial charge in [0.1, 0.15) is 10.6 Å². The first kappa shape index (κ1) is 14.7. The number of sulfone groups is 1. The number of anilines is 1. The Bertz CT molecular complexity index is 629. The molecule has 0 aromatic heterocycles. The molecular weight excluding hydrogens is 284 g/mol. The van der Waals surface area contributed by atoms with Crippen molar-refractivity contribution >= 4 is 21.2 Å². The van der Waals surface area contributed by atoms with Gasteiger partial charge in [0, 0.05) is 12.9 Å². The smallest absolute Gasteiger partial charge is 0.310 e. The Balaban J connectivity index is 2.45. The van der Waals surface area contributed by atoms with Crippen LogP contribution in [0.15, 0.2) is 23.1 Å². The molecule has 7 nitrogen and oxygen atoms in total. The number of nitro benzene ring substituents is 1. The van der Waals surface area contributed by atoms with Gasteiger partial charge in [0.15, 0.2) is 9.84 Å². The molecule has 1 fully saturated rings. The van der Waals surface area contributed by atoms with Gasteiger partial charge in [-0.25, -0.2) is 8.42 Å². The molecular formula is C12H16N2O5S. The van der Waals surface area contributed by atoms with E-state index in [1.54, 1.807) is 0 Å². The maximum Gasteiger partial charge on any atom is 0.310 e. The number of hydrogen-bond acceptors (Lipinski definition) is 6. The molecule has 1 aromatic rings. The second-order valence-electron chi connectivity index (χ2n) is 4.80. The summed E-state index contributed by atoms with van der Waals surface area (Å²) >= 11 is 0. The predicted octanol–water partition coefficient (Wildman–Crippen LogP) is 1.59. The van der Waals surface area contributed by atoms with Crippen LogP contribution in [0.25, 0.3) is 0 Å². The van der Waals surface area contributed by atoms with Crippen LogP contribution in [0.5, 0.6) is 0 Å². The first-order valence-electron chi connectivity index (χ1n) is 6.16. The summed E-state index contributed by atoms with van der Waals surface area (Å²) in [5.74, 6) is 0. The minimum absolute atomic E-state index is 0.0662. The Morgan fingerprint density at radius 3 is 2.65 bits per heavy atom. The largest absolute Gasteiger partial charge is 0.376 e. The lowest BCUT2D eigenvalue weighted by Gasteiger charge is -2.17. The zero-order valence-corrected chi connectivity index (χ0v) is 12.0. The third kappa shape index (κ3) is 2.91. The fourth-order valence-electron chi connectivity index (χ4n) is 2.25. The van der Waals surface area contributed by atoms with Gasteiger partial charge < -0.3 is 10.1 Å². The van der Waals surface area contributed by atoms with Gasteiger partial charge in [-0.05, 0) is 25.5 Å². The van der Waals surface area contributed by atoms with Crippen LogP contribution in [-0.4, -0.2) is 38.3 Å². The maximum absolute atomic E-state index is 11.7. The standard InChI is InChI=1S/C12H16N2O5S/c1-8-9(6-7-19-8)13-10-4-3-5-11(20(2,17)18)12(10)14(15)16/h3-5,8-9,13H,6-7H2,1-2H3. The first-order chi connectivity index (χ1) is 9.30. The Kier molecular flexibility index (Phi) is 3.96. The molecule has 0 amide bonds. The highest BCUT2D eigenvalue weighted by Crippen LogP contribution is 2.33. The van der Waals surface area contributed by atoms with Crippen molar-refractivity contribution in [2.75, 3.05) is 18.2 Å². The molecule has 0 spiro atoms. The topological polar surface area (TPSA) is 98.5 Å². The number of ether oxygens (including phenoxy) is 1. The Hall–Kier alpha value is -1.67. The highest BCUT2D eigenvalue weighted by atomic mass is 32.2. The van der Waals surface area contributed by atoms with Crippen molar-refractivity contribution in [3.05, 3.63) is 28.3 Å². The van der Waals surface area contributed by atoms with Crippen LogP contribution >= 0.6 is 0 Å². The normalized spacial score (nSPS) is 22.7. The van der Waals surface area contributed by atoms with Gasteiger partial charge >= 0.3 is 5.69 Å². The van der Waals surface area contributed by atoms with E-state index in [0.717, 1.165) is 12.7 Å². The average molecular weight is 300 g/mol. The molecule has 0 radical (unpaired) electrons. The number of nitro groups is 1. The van der Waals surface area contributed by atoms with Crippen molar-refractivity contribution < 1.29 is 18.1 Å². The van der Waals surface area contributed by atoms with E-state index in [1.807, 2.05) is 6.92 Å². The highest BCUT2D eigenvalue weighted by molar-refractivity contribution is 7.90. The molecule has 1 aliphatic heterocycles. The van der Waals surface area contributed by atoms with Crippen molar-refractivity contribution in [3.63, 3.8) is 0 Å². The SMILES string of the molecule is CC1OCCC1Nc1cccc(S(C)(=O)=O)c1[N+](=O)[O-]. The molecule has 2 atom stereocenters. The summed E-state index contributed by atoms with van der Waals surface area (Å²) in [4.78, 5) is 10.3. The molecule has 2 rings (SSSR count). The molecule has 0 aliphatic carbocycles. The van der Waals surface area contributed by atoms with Crippen molar-refractivity contribution in [1.29, 1.82) is 0 Å². The van der Waals surface area contributed by atoms with Crippen molar-refractivity contribution in [2.45, 2.75) is 30.4 Å². The first-order valence-corrected chi connectivity index (χ1v) is 8.05. The van der Waals surface area contributed by atoms with Gasteiger partial charge in [0.05, 0.1) is 17.1 Å². The number of nitrogens with zero attached hydrogens (tertiary/aromatic N) is 1. The van der Waals surface area contributed by atoms with Crippen LogP contribution in [0.3, 0.4) is 0 Å². The molecule has 1 saturated heterocycles. The van der Waals surface area contributed by atoms with E-state index < -0.39 is 20.4 Å². The lowest BCUT2D eigenvalue weighted by Crippen LogP contribution is -2.27. The minimum Gasteiger partial charge on any atom is -0.376 e. The third-order valence-corrected chi connectivity index (χ3v) is 4.43. The summed E-state index contributed by atoms with van der Waals surface area (Å²) in [5.41, 5.74) is -0.200. The van der Waals surface area contributed by atoms with E-state index in [2.05, 4.69) is 5.32 Å². The Labute approximate surface area is 117 Å². The summed E-state index contributed by atoms with van der Waals surface area (Å²) < 4.78 is 28.7. The van der Waals surface area contributed by atoms with Gasteiger partial charge in [-0.1, -0.05) is 6.07 Å². The average Bonchev–Trinajstić information content (AvgIpc) is 2.73. The lowest BCUT2D eigenvalue weighted by atomic mass is 10.1. The second kappa shape index (κ2) is 5.37. The van der Waals surface area contributed by atoms with E-state index in [-0.39, 0.29) is 22.7 Å². The van der Waals surface area contributed by atoms with E-state index in [1.165, 1.54) is 18.2 Å². The summed E-state index contributed by atoms with van der Waals surface area (Å²) in [6.45, 7) is 2.45. The predicted molar refractivity (Wildman–Crippen MR) is 73.6 cm³/mol. The highest BCUT2D eigenvalue weighted by Gasteiger charge is 2.30. The van der Waals surface area contributed by atoms with Crippen LogP contribution in [0, 0.1) is 10.1 Å². The number of para-hydroxylation sites is 1. The van der Waals surface area contributed by atoms with Crippen LogP contribution in [-0.2, 0) is 14.6 Å².